The zero-order valence-electron chi connectivity index (χ0n) is 9.83. The van der Waals surface area contributed by atoms with Crippen molar-refractivity contribution < 1.29 is 14.4 Å². The third kappa shape index (κ3) is 1.55. The predicted octanol–water partition coefficient (Wildman–Crippen LogP) is 2.38. The standard InChI is InChI=1S/C15H8N2O2/c16-17-8-13(18)12-7-3-6-10-9-4-1-2-5-11(9)15(19)14(10)12/h1-8H. The highest BCUT2D eigenvalue weighted by atomic mass is 16.1. The fraction of sp³-hybridized carbons (Fsp3) is 0. The van der Waals surface area contributed by atoms with Gasteiger partial charge in [0.15, 0.2) is 5.78 Å². The molecule has 4 nitrogen and oxygen atoms in total. The van der Waals surface area contributed by atoms with E-state index in [-0.39, 0.29) is 11.3 Å². The molecule has 0 amide bonds. The maximum Gasteiger partial charge on any atom is 0.328 e. The van der Waals surface area contributed by atoms with Gasteiger partial charge < -0.3 is 5.53 Å². The largest absolute Gasteiger partial charge is 0.361 e. The zero-order chi connectivity index (χ0) is 13.4. The van der Waals surface area contributed by atoms with Gasteiger partial charge in [0.2, 0.25) is 0 Å². The van der Waals surface area contributed by atoms with Crippen LogP contribution >= 0.6 is 0 Å². The first-order chi connectivity index (χ1) is 9.24. The van der Waals surface area contributed by atoms with Crippen molar-refractivity contribution in [2.75, 3.05) is 0 Å². The Morgan fingerprint density at radius 1 is 1.00 bits per heavy atom. The summed E-state index contributed by atoms with van der Waals surface area (Å²) in [6, 6.07) is 12.3. The van der Waals surface area contributed by atoms with Crippen molar-refractivity contribution in [2.24, 2.45) is 0 Å². The minimum atomic E-state index is -0.486. The summed E-state index contributed by atoms with van der Waals surface area (Å²) in [6.07, 6.45) is 0.798. The van der Waals surface area contributed by atoms with Crippen LogP contribution in [0.4, 0.5) is 0 Å². The summed E-state index contributed by atoms with van der Waals surface area (Å²) in [4.78, 5) is 26.9. The predicted molar refractivity (Wildman–Crippen MR) is 69.3 cm³/mol. The summed E-state index contributed by atoms with van der Waals surface area (Å²) in [6.45, 7) is 0. The highest BCUT2D eigenvalue weighted by Gasteiger charge is 2.30. The molecule has 0 heterocycles. The molecule has 1 aliphatic rings. The summed E-state index contributed by atoms with van der Waals surface area (Å²) in [5.74, 6) is -0.651. The van der Waals surface area contributed by atoms with E-state index >= 15 is 0 Å². The molecule has 0 spiro atoms. The van der Waals surface area contributed by atoms with E-state index in [9.17, 15) is 9.59 Å². The Morgan fingerprint density at radius 3 is 2.42 bits per heavy atom. The molecule has 4 heteroatoms. The lowest BCUT2D eigenvalue weighted by Gasteiger charge is -2.02. The van der Waals surface area contributed by atoms with E-state index in [0.717, 1.165) is 17.3 Å². The monoisotopic (exact) mass is 248 g/mol. The third-order valence-corrected chi connectivity index (χ3v) is 3.19. The molecule has 0 aliphatic heterocycles. The van der Waals surface area contributed by atoms with Gasteiger partial charge in [0, 0.05) is 16.7 Å². The number of ketones is 2. The van der Waals surface area contributed by atoms with Crippen LogP contribution in [0.1, 0.15) is 26.3 Å². The van der Waals surface area contributed by atoms with E-state index in [1.165, 1.54) is 0 Å². The van der Waals surface area contributed by atoms with Crippen LogP contribution in [0.25, 0.3) is 16.7 Å². The van der Waals surface area contributed by atoms with Crippen LogP contribution in [0.15, 0.2) is 42.5 Å². The first kappa shape index (κ1) is 11.3. The van der Waals surface area contributed by atoms with Gasteiger partial charge in [-0.3, -0.25) is 9.59 Å². The lowest BCUT2D eigenvalue weighted by molar-refractivity contribution is 0.00234. The Morgan fingerprint density at radius 2 is 1.68 bits per heavy atom. The molecular weight excluding hydrogens is 240 g/mol. The molecule has 2 aromatic rings. The molecular formula is C15H8N2O2. The first-order valence-electron chi connectivity index (χ1n) is 5.73. The van der Waals surface area contributed by atoms with Gasteiger partial charge in [-0.2, -0.15) is 4.79 Å². The van der Waals surface area contributed by atoms with Crippen molar-refractivity contribution in [1.29, 1.82) is 0 Å². The maximum atomic E-state index is 12.4. The maximum absolute atomic E-state index is 12.4. The minimum Gasteiger partial charge on any atom is -0.361 e. The Labute approximate surface area is 108 Å². The topological polar surface area (TPSA) is 70.5 Å². The fourth-order valence-corrected chi connectivity index (χ4v) is 2.40. The molecule has 19 heavy (non-hydrogen) atoms. The summed E-state index contributed by atoms with van der Waals surface area (Å²) >= 11 is 0. The molecule has 0 bridgehead atoms. The second kappa shape index (κ2) is 4.12. The van der Waals surface area contributed by atoms with Crippen LogP contribution < -0.4 is 0 Å². The fourth-order valence-electron chi connectivity index (χ4n) is 2.40. The van der Waals surface area contributed by atoms with Gasteiger partial charge in [0.05, 0.1) is 0 Å². The van der Waals surface area contributed by atoms with Gasteiger partial charge in [-0.05, 0) is 17.2 Å². The van der Waals surface area contributed by atoms with Crippen LogP contribution in [0, 0.1) is 0 Å². The van der Waals surface area contributed by atoms with Crippen LogP contribution in [-0.4, -0.2) is 22.6 Å². The van der Waals surface area contributed by atoms with Gasteiger partial charge in [-0.1, -0.05) is 36.4 Å². The number of fused-ring (bicyclic) bond motifs is 3. The Kier molecular flexibility index (Phi) is 2.44. The molecule has 0 aromatic heterocycles. The highest BCUT2D eigenvalue weighted by Crippen LogP contribution is 2.37. The van der Waals surface area contributed by atoms with Crippen molar-refractivity contribution in [1.82, 2.24) is 0 Å². The van der Waals surface area contributed by atoms with Crippen molar-refractivity contribution in [2.45, 2.75) is 0 Å². The minimum absolute atomic E-state index is 0.166. The summed E-state index contributed by atoms with van der Waals surface area (Å²) in [7, 11) is 0. The number of nitrogens with zero attached hydrogens (tertiary/aromatic N) is 2. The van der Waals surface area contributed by atoms with E-state index in [1.54, 1.807) is 24.3 Å². The second-order valence-electron chi connectivity index (χ2n) is 4.21. The second-order valence-corrected chi connectivity index (χ2v) is 4.21. The van der Waals surface area contributed by atoms with E-state index in [0.29, 0.717) is 11.1 Å². The van der Waals surface area contributed by atoms with Crippen LogP contribution in [0.5, 0.6) is 0 Å². The molecule has 2 aromatic carbocycles. The Hall–Kier alpha value is -2.84. The summed E-state index contributed by atoms with van der Waals surface area (Å²) in [5, 5.41) is 0. The number of rotatable bonds is 2. The van der Waals surface area contributed by atoms with Gasteiger partial charge in [-0.25, -0.2) is 0 Å². The van der Waals surface area contributed by atoms with Gasteiger partial charge in [-0.15, -0.1) is 0 Å². The lowest BCUT2D eigenvalue weighted by Crippen LogP contribution is -2.08. The Balaban J connectivity index is 2.30. The first-order valence-corrected chi connectivity index (χ1v) is 5.73. The quantitative estimate of drug-likeness (QED) is 0.302. The average Bonchev–Trinajstić information content (AvgIpc) is 2.74. The van der Waals surface area contributed by atoms with E-state index in [2.05, 4.69) is 4.79 Å². The van der Waals surface area contributed by atoms with Crippen molar-refractivity contribution in [3.8, 4) is 11.1 Å². The number of carbonyl (C=O) groups is 2. The SMILES string of the molecule is [N-]=[N+]=CC(=O)c1cccc2c1C(=O)c1ccccc1-2. The summed E-state index contributed by atoms with van der Waals surface area (Å²) in [5.41, 5.74) is 11.3. The molecule has 0 saturated carbocycles. The highest BCUT2D eigenvalue weighted by molar-refractivity contribution is 6.38. The van der Waals surface area contributed by atoms with Crippen LogP contribution in [0.3, 0.4) is 0 Å². The van der Waals surface area contributed by atoms with Crippen LogP contribution in [-0.2, 0) is 0 Å². The number of benzene rings is 2. The molecule has 0 unspecified atom stereocenters. The molecule has 0 saturated heterocycles. The van der Waals surface area contributed by atoms with E-state index in [4.69, 9.17) is 5.53 Å². The van der Waals surface area contributed by atoms with Crippen LogP contribution in [0.2, 0.25) is 0 Å². The summed E-state index contributed by atoms with van der Waals surface area (Å²) < 4.78 is 0. The lowest BCUT2D eigenvalue weighted by atomic mass is 9.98. The van der Waals surface area contributed by atoms with Gasteiger partial charge in [0.1, 0.15) is 0 Å². The zero-order valence-corrected chi connectivity index (χ0v) is 9.83. The molecule has 1 aliphatic carbocycles. The number of carbonyl (C=O) groups excluding carboxylic acids is 2. The molecule has 90 valence electrons. The molecule has 0 fully saturated rings. The number of hydrogen-bond donors (Lipinski definition) is 0. The number of Topliss-reactive ketones (excluding diaryl/α,β-unsaturated/α-hetero) is 1. The molecule has 3 rings (SSSR count). The van der Waals surface area contributed by atoms with E-state index < -0.39 is 5.78 Å². The molecule has 0 radical (unpaired) electrons. The van der Waals surface area contributed by atoms with E-state index in [1.807, 2.05) is 18.2 Å². The number of hydrogen-bond acceptors (Lipinski definition) is 2. The van der Waals surface area contributed by atoms with Crippen molar-refractivity contribution in [3.05, 3.63) is 64.7 Å². The smallest absolute Gasteiger partial charge is 0.328 e. The van der Waals surface area contributed by atoms with Gasteiger partial charge in [0.25, 0.3) is 5.78 Å². The van der Waals surface area contributed by atoms with Crippen molar-refractivity contribution in [3.63, 3.8) is 0 Å². The molecule has 0 atom stereocenters. The van der Waals surface area contributed by atoms with Gasteiger partial charge >= 0.3 is 6.21 Å². The Bertz CT molecular complexity index is 771. The normalized spacial score (nSPS) is 11.5. The average molecular weight is 248 g/mol. The molecule has 0 N–H and O–H groups in total. The third-order valence-electron chi connectivity index (χ3n) is 3.19. The van der Waals surface area contributed by atoms with Crippen molar-refractivity contribution >= 4 is 17.8 Å².